The summed E-state index contributed by atoms with van der Waals surface area (Å²) in [5.41, 5.74) is 2.04. The minimum atomic E-state index is -0.301. The quantitative estimate of drug-likeness (QED) is 0.529. The number of hydrogen-bond donors (Lipinski definition) is 1. The van der Waals surface area contributed by atoms with Crippen molar-refractivity contribution in [1.29, 1.82) is 0 Å². The number of thiazole rings is 1. The number of imidazole rings is 1. The molecule has 0 aliphatic rings. The molecule has 8 nitrogen and oxygen atoms in total. The summed E-state index contributed by atoms with van der Waals surface area (Å²) in [6, 6.07) is 11.1. The van der Waals surface area contributed by atoms with Crippen LogP contribution in [0.3, 0.4) is 0 Å². The van der Waals surface area contributed by atoms with Crippen LogP contribution in [0.25, 0.3) is 16.4 Å². The number of nitrogens with one attached hydrogen (secondary N) is 1. The Morgan fingerprint density at radius 1 is 1.17 bits per heavy atom. The van der Waals surface area contributed by atoms with Gasteiger partial charge < -0.3 is 10.1 Å². The number of methoxy groups -OCH3 is 1. The highest BCUT2D eigenvalue weighted by Gasteiger charge is 2.11. The first kappa shape index (κ1) is 18.8. The Hall–Kier alpha value is -3.59. The third-order valence-corrected chi connectivity index (χ3v) is 5.21. The summed E-state index contributed by atoms with van der Waals surface area (Å²) in [5, 5.41) is 13.8. The molecule has 9 heteroatoms. The molecule has 4 aromatic rings. The highest BCUT2D eigenvalue weighted by molar-refractivity contribution is 7.13. The first-order valence-corrected chi connectivity index (χ1v) is 9.73. The third kappa shape index (κ3) is 4.14. The molecule has 0 fully saturated rings. The molecule has 3 heterocycles. The minimum Gasteiger partial charge on any atom is -0.497 e. The van der Waals surface area contributed by atoms with E-state index in [4.69, 9.17) is 4.74 Å². The predicted octanol–water partition coefficient (Wildman–Crippen LogP) is 3.03. The van der Waals surface area contributed by atoms with Gasteiger partial charge in [-0.05, 0) is 43.3 Å². The Labute approximate surface area is 171 Å². The smallest absolute Gasteiger partial charge is 0.272 e. The molecule has 0 saturated carbocycles. The Kier molecular flexibility index (Phi) is 5.30. The fourth-order valence-corrected chi connectivity index (χ4v) is 3.54. The van der Waals surface area contributed by atoms with Gasteiger partial charge >= 0.3 is 0 Å². The van der Waals surface area contributed by atoms with Gasteiger partial charge in [-0.15, -0.1) is 21.5 Å². The topological polar surface area (TPSA) is 94.8 Å². The number of nitrogens with zero attached hydrogens (tertiary/aromatic N) is 5. The van der Waals surface area contributed by atoms with E-state index in [2.05, 4.69) is 25.5 Å². The average Bonchev–Trinajstić information content (AvgIpc) is 3.41. The second-order valence-electron chi connectivity index (χ2n) is 6.18. The van der Waals surface area contributed by atoms with Crippen molar-refractivity contribution >= 4 is 17.2 Å². The number of hydrogen-bond acceptors (Lipinski definition) is 7. The van der Waals surface area contributed by atoms with E-state index in [1.807, 2.05) is 36.6 Å². The van der Waals surface area contributed by atoms with Crippen molar-refractivity contribution in [2.24, 2.45) is 0 Å². The third-order valence-electron chi connectivity index (χ3n) is 4.27. The van der Waals surface area contributed by atoms with E-state index in [9.17, 15) is 4.79 Å². The molecule has 3 aromatic heterocycles. The number of aryl methyl sites for hydroxylation is 1. The molecule has 0 saturated heterocycles. The average molecular weight is 406 g/mol. The fraction of sp³-hybridized carbons (Fsp3) is 0.150. The van der Waals surface area contributed by atoms with Gasteiger partial charge in [-0.3, -0.25) is 9.36 Å². The number of benzene rings is 1. The SMILES string of the molecule is COc1ccc(-c2nc(CNC(=O)c3ccc(-n4ccnc4C)nn3)cs2)cc1. The van der Waals surface area contributed by atoms with Crippen molar-refractivity contribution < 1.29 is 9.53 Å². The maximum Gasteiger partial charge on any atom is 0.272 e. The van der Waals surface area contributed by atoms with Gasteiger partial charge in [0.05, 0.1) is 19.3 Å². The Morgan fingerprint density at radius 3 is 2.66 bits per heavy atom. The molecule has 0 radical (unpaired) electrons. The van der Waals surface area contributed by atoms with Crippen molar-refractivity contribution in [1.82, 2.24) is 30.0 Å². The number of rotatable bonds is 6. The molecule has 1 aromatic carbocycles. The van der Waals surface area contributed by atoms with E-state index in [0.29, 0.717) is 12.4 Å². The maximum absolute atomic E-state index is 12.4. The molecule has 0 atom stereocenters. The number of ether oxygens (including phenoxy) is 1. The lowest BCUT2D eigenvalue weighted by molar-refractivity contribution is 0.0944. The Bertz CT molecular complexity index is 1120. The van der Waals surface area contributed by atoms with E-state index in [1.54, 1.807) is 36.2 Å². The lowest BCUT2D eigenvalue weighted by Gasteiger charge is -2.05. The van der Waals surface area contributed by atoms with Crippen LogP contribution in [0, 0.1) is 6.92 Å². The first-order valence-electron chi connectivity index (χ1n) is 8.85. The summed E-state index contributed by atoms with van der Waals surface area (Å²) >= 11 is 1.53. The van der Waals surface area contributed by atoms with E-state index >= 15 is 0 Å². The predicted molar refractivity (Wildman–Crippen MR) is 109 cm³/mol. The van der Waals surface area contributed by atoms with Crippen molar-refractivity contribution in [2.75, 3.05) is 7.11 Å². The fourth-order valence-electron chi connectivity index (χ4n) is 2.71. The van der Waals surface area contributed by atoms with Gasteiger partial charge in [0.25, 0.3) is 5.91 Å². The monoisotopic (exact) mass is 406 g/mol. The summed E-state index contributed by atoms with van der Waals surface area (Å²) in [4.78, 5) is 21.1. The number of carbonyl (C=O) groups excluding carboxylic acids is 1. The minimum absolute atomic E-state index is 0.247. The van der Waals surface area contributed by atoms with E-state index in [1.165, 1.54) is 11.3 Å². The molecule has 0 spiro atoms. The van der Waals surface area contributed by atoms with Crippen LogP contribution in [0.4, 0.5) is 0 Å². The molecule has 1 amide bonds. The van der Waals surface area contributed by atoms with Crippen molar-refractivity contribution in [3.63, 3.8) is 0 Å². The van der Waals surface area contributed by atoms with Crippen molar-refractivity contribution in [2.45, 2.75) is 13.5 Å². The van der Waals surface area contributed by atoms with E-state index in [0.717, 1.165) is 27.8 Å². The highest BCUT2D eigenvalue weighted by atomic mass is 32.1. The molecule has 0 bridgehead atoms. The summed E-state index contributed by atoms with van der Waals surface area (Å²) in [6.45, 7) is 2.19. The molecule has 1 N–H and O–H groups in total. The van der Waals surface area contributed by atoms with Gasteiger partial charge in [-0.25, -0.2) is 9.97 Å². The summed E-state index contributed by atoms with van der Waals surface area (Å²) < 4.78 is 6.97. The van der Waals surface area contributed by atoms with Gasteiger partial charge in [0.1, 0.15) is 16.6 Å². The second kappa shape index (κ2) is 8.19. The summed E-state index contributed by atoms with van der Waals surface area (Å²) in [6.07, 6.45) is 3.48. The molecule has 146 valence electrons. The largest absolute Gasteiger partial charge is 0.497 e. The second-order valence-corrected chi connectivity index (χ2v) is 7.03. The molecular formula is C20H18N6O2S. The van der Waals surface area contributed by atoms with Crippen LogP contribution < -0.4 is 10.1 Å². The highest BCUT2D eigenvalue weighted by Crippen LogP contribution is 2.25. The van der Waals surface area contributed by atoms with Crippen LogP contribution in [-0.2, 0) is 6.54 Å². The number of aromatic nitrogens is 5. The molecule has 29 heavy (non-hydrogen) atoms. The van der Waals surface area contributed by atoms with Gasteiger partial charge in [0, 0.05) is 23.3 Å². The number of carbonyl (C=O) groups is 1. The van der Waals surface area contributed by atoms with Crippen LogP contribution in [0.5, 0.6) is 5.75 Å². The zero-order chi connectivity index (χ0) is 20.2. The summed E-state index contributed by atoms with van der Waals surface area (Å²) in [5.74, 6) is 1.91. The standard InChI is InChI=1S/C20H18N6O2S/c1-13-21-9-10-26(13)18-8-7-17(24-25-18)19(27)22-11-15-12-29-20(23-15)14-3-5-16(28-2)6-4-14/h3-10,12H,11H2,1-2H3,(H,22,27). The first-order chi connectivity index (χ1) is 14.1. The van der Waals surface area contributed by atoms with Gasteiger partial charge in [0.15, 0.2) is 11.5 Å². The van der Waals surface area contributed by atoms with Crippen LogP contribution in [0.1, 0.15) is 22.0 Å². The molecular weight excluding hydrogens is 388 g/mol. The van der Waals surface area contributed by atoms with Crippen molar-refractivity contribution in [3.8, 4) is 22.1 Å². The molecule has 0 aliphatic carbocycles. The van der Waals surface area contributed by atoms with Crippen LogP contribution in [0.2, 0.25) is 0 Å². The normalized spacial score (nSPS) is 10.7. The van der Waals surface area contributed by atoms with Crippen molar-refractivity contribution in [3.05, 3.63) is 71.4 Å². The van der Waals surface area contributed by atoms with Gasteiger partial charge in [-0.2, -0.15) is 0 Å². The van der Waals surface area contributed by atoms with Gasteiger partial charge in [0.2, 0.25) is 0 Å². The summed E-state index contributed by atoms with van der Waals surface area (Å²) in [7, 11) is 1.63. The molecule has 0 unspecified atom stereocenters. The lowest BCUT2D eigenvalue weighted by Crippen LogP contribution is -2.24. The maximum atomic E-state index is 12.4. The van der Waals surface area contributed by atoms with E-state index < -0.39 is 0 Å². The van der Waals surface area contributed by atoms with Crippen LogP contribution in [0.15, 0.2) is 54.2 Å². The molecule has 0 aliphatic heterocycles. The number of amides is 1. The molecule has 4 rings (SSSR count). The van der Waals surface area contributed by atoms with Crippen LogP contribution in [-0.4, -0.2) is 37.7 Å². The zero-order valence-corrected chi connectivity index (χ0v) is 16.7. The Morgan fingerprint density at radius 2 is 2.00 bits per heavy atom. The lowest BCUT2D eigenvalue weighted by atomic mass is 10.2. The Balaban J connectivity index is 1.38. The van der Waals surface area contributed by atoms with Gasteiger partial charge in [-0.1, -0.05) is 0 Å². The zero-order valence-electron chi connectivity index (χ0n) is 15.9. The van der Waals surface area contributed by atoms with E-state index in [-0.39, 0.29) is 11.6 Å². The van der Waals surface area contributed by atoms with Crippen LogP contribution >= 0.6 is 11.3 Å².